The number of nitrogen functional groups attached to an aromatic ring is 1. The lowest BCUT2D eigenvalue weighted by Crippen LogP contribution is -2.26. The van der Waals surface area contributed by atoms with E-state index in [4.69, 9.17) is 5.73 Å². The van der Waals surface area contributed by atoms with Gasteiger partial charge >= 0.3 is 0 Å². The molecule has 0 aliphatic carbocycles. The van der Waals surface area contributed by atoms with Crippen LogP contribution in [-0.2, 0) is 12.8 Å². The fourth-order valence-electron chi connectivity index (χ4n) is 2.69. The molecule has 2 aromatic rings. The van der Waals surface area contributed by atoms with Crippen molar-refractivity contribution in [1.82, 2.24) is 0 Å². The van der Waals surface area contributed by atoms with E-state index in [1.165, 1.54) is 17.2 Å². The van der Waals surface area contributed by atoms with Crippen molar-refractivity contribution in [3.63, 3.8) is 0 Å². The molecule has 0 fully saturated rings. The van der Waals surface area contributed by atoms with E-state index in [1.807, 2.05) is 0 Å². The molecule has 0 spiro atoms. The average Bonchev–Trinajstić information content (AvgIpc) is 2.62. The van der Waals surface area contributed by atoms with E-state index in [2.05, 4.69) is 29.2 Å². The van der Waals surface area contributed by atoms with Gasteiger partial charge in [0.05, 0.1) is 5.69 Å². The molecular formula is C16H17FN2. The highest BCUT2D eigenvalue weighted by atomic mass is 19.1. The van der Waals surface area contributed by atoms with Crippen LogP contribution in [0.2, 0.25) is 0 Å². The van der Waals surface area contributed by atoms with Crippen LogP contribution in [0.3, 0.4) is 0 Å². The normalized spacial score (nSPS) is 14.9. The van der Waals surface area contributed by atoms with Crippen LogP contribution >= 0.6 is 0 Å². The lowest BCUT2D eigenvalue weighted by molar-refractivity contribution is 0.618. The zero-order valence-electron chi connectivity index (χ0n) is 10.8. The molecule has 3 rings (SSSR count). The SMILES string of the molecule is Nc1ccc(N2CCc3ccccc3CC2)c(F)c1. The molecule has 1 heterocycles. The lowest BCUT2D eigenvalue weighted by Gasteiger charge is -2.23. The Morgan fingerprint density at radius 3 is 2.16 bits per heavy atom. The maximum absolute atomic E-state index is 14.0. The Labute approximate surface area is 112 Å². The van der Waals surface area contributed by atoms with Crippen LogP contribution in [0.5, 0.6) is 0 Å². The van der Waals surface area contributed by atoms with E-state index in [-0.39, 0.29) is 5.82 Å². The van der Waals surface area contributed by atoms with Crippen molar-refractivity contribution in [2.75, 3.05) is 23.7 Å². The highest BCUT2D eigenvalue weighted by molar-refractivity contribution is 5.55. The van der Waals surface area contributed by atoms with Crippen LogP contribution in [0.4, 0.5) is 15.8 Å². The summed E-state index contributed by atoms with van der Waals surface area (Å²) in [6.07, 6.45) is 1.92. The Hall–Kier alpha value is -2.03. The monoisotopic (exact) mass is 256 g/mol. The predicted molar refractivity (Wildman–Crippen MR) is 76.9 cm³/mol. The molecule has 0 bridgehead atoms. The Morgan fingerprint density at radius 1 is 0.947 bits per heavy atom. The highest BCUT2D eigenvalue weighted by Crippen LogP contribution is 2.25. The van der Waals surface area contributed by atoms with E-state index in [0.29, 0.717) is 11.4 Å². The Kier molecular flexibility index (Phi) is 3.11. The molecule has 0 saturated heterocycles. The molecule has 2 N–H and O–H groups in total. The molecule has 3 heteroatoms. The van der Waals surface area contributed by atoms with Crippen LogP contribution < -0.4 is 10.6 Å². The average molecular weight is 256 g/mol. The second-order valence-corrected chi connectivity index (χ2v) is 4.97. The lowest BCUT2D eigenvalue weighted by atomic mass is 10.0. The number of nitrogens with zero attached hydrogens (tertiary/aromatic N) is 1. The summed E-state index contributed by atoms with van der Waals surface area (Å²) in [5, 5.41) is 0. The first-order chi connectivity index (χ1) is 9.24. The van der Waals surface area contributed by atoms with Gasteiger partial charge in [0, 0.05) is 18.8 Å². The largest absolute Gasteiger partial charge is 0.399 e. The number of anilines is 2. The van der Waals surface area contributed by atoms with Crippen molar-refractivity contribution < 1.29 is 4.39 Å². The van der Waals surface area contributed by atoms with Crippen LogP contribution in [0.25, 0.3) is 0 Å². The summed E-state index contributed by atoms with van der Waals surface area (Å²) in [5.41, 5.74) is 9.48. The maximum Gasteiger partial charge on any atom is 0.148 e. The molecule has 19 heavy (non-hydrogen) atoms. The summed E-state index contributed by atoms with van der Waals surface area (Å²) in [5.74, 6) is -0.231. The first-order valence-electron chi connectivity index (χ1n) is 6.61. The van der Waals surface area contributed by atoms with Crippen LogP contribution in [0, 0.1) is 5.82 Å². The minimum atomic E-state index is -0.231. The number of rotatable bonds is 1. The minimum Gasteiger partial charge on any atom is -0.399 e. The third kappa shape index (κ3) is 2.41. The van der Waals surface area contributed by atoms with Gasteiger partial charge in [-0.1, -0.05) is 24.3 Å². The number of fused-ring (bicyclic) bond motifs is 1. The van der Waals surface area contributed by atoms with E-state index < -0.39 is 0 Å². The Balaban J connectivity index is 1.85. The molecule has 0 aromatic heterocycles. The Morgan fingerprint density at radius 2 is 1.58 bits per heavy atom. The van der Waals surface area contributed by atoms with Crippen molar-refractivity contribution in [2.24, 2.45) is 0 Å². The maximum atomic E-state index is 14.0. The first-order valence-corrected chi connectivity index (χ1v) is 6.61. The molecule has 98 valence electrons. The number of nitrogens with two attached hydrogens (primary N) is 1. The third-order valence-corrected chi connectivity index (χ3v) is 3.73. The third-order valence-electron chi connectivity index (χ3n) is 3.73. The minimum absolute atomic E-state index is 0.231. The number of hydrogen-bond acceptors (Lipinski definition) is 2. The summed E-state index contributed by atoms with van der Waals surface area (Å²) in [4.78, 5) is 2.11. The first kappa shape index (κ1) is 12.0. The summed E-state index contributed by atoms with van der Waals surface area (Å²) < 4.78 is 14.0. The second-order valence-electron chi connectivity index (χ2n) is 4.97. The summed E-state index contributed by atoms with van der Waals surface area (Å²) in [6, 6.07) is 13.4. The summed E-state index contributed by atoms with van der Waals surface area (Å²) >= 11 is 0. The molecule has 0 saturated carbocycles. The zero-order chi connectivity index (χ0) is 13.2. The summed E-state index contributed by atoms with van der Waals surface area (Å²) in [7, 11) is 0. The van der Waals surface area contributed by atoms with Crippen molar-refractivity contribution >= 4 is 11.4 Å². The van der Waals surface area contributed by atoms with Crippen molar-refractivity contribution in [2.45, 2.75) is 12.8 Å². The molecular weight excluding hydrogens is 239 g/mol. The van der Waals surface area contributed by atoms with Gasteiger partial charge in [-0.15, -0.1) is 0 Å². The van der Waals surface area contributed by atoms with E-state index in [1.54, 1.807) is 12.1 Å². The van der Waals surface area contributed by atoms with E-state index in [0.717, 1.165) is 25.9 Å². The standard InChI is InChI=1S/C16H17FN2/c17-15-11-14(18)5-6-16(15)19-9-7-12-3-1-2-4-13(12)8-10-19/h1-6,11H,7-10,18H2. The number of halogens is 1. The second kappa shape index (κ2) is 4.92. The molecule has 1 aliphatic rings. The van der Waals surface area contributed by atoms with Crippen molar-refractivity contribution in [1.29, 1.82) is 0 Å². The van der Waals surface area contributed by atoms with Gasteiger partial charge in [-0.05, 0) is 42.2 Å². The number of benzene rings is 2. The van der Waals surface area contributed by atoms with Crippen LogP contribution in [0.15, 0.2) is 42.5 Å². The fraction of sp³-hybridized carbons (Fsp3) is 0.250. The zero-order valence-corrected chi connectivity index (χ0v) is 10.8. The van der Waals surface area contributed by atoms with E-state index in [9.17, 15) is 4.39 Å². The molecule has 0 unspecified atom stereocenters. The van der Waals surface area contributed by atoms with Gasteiger partial charge < -0.3 is 10.6 Å². The summed E-state index contributed by atoms with van der Waals surface area (Å²) in [6.45, 7) is 1.69. The van der Waals surface area contributed by atoms with Crippen LogP contribution in [-0.4, -0.2) is 13.1 Å². The number of hydrogen-bond donors (Lipinski definition) is 1. The van der Waals surface area contributed by atoms with Crippen LogP contribution in [0.1, 0.15) is 11.1 Å². The van der Waals surface area contributed by atoms with Gasteiger partial charge in [0.1, 0.15) is 5.82 Å². The fourth-order valence-corrected chi connectivity index (χ4v) is 2.69. The molecule has 0 atom stereocenters. The quantitative estimate of drug-likeness (QED) is 0.795. The van der Waals surface area contributed by atoms with Gasteiger partial charge in [-0.25, -0.2) is 4.39 Å². The molecule has 2 aromatic carbocycles. The van der Waals surface area contributed by atoms with Gasteiger partial charge in [0.25, 0.3) is 0 Å². The van der Waals surface area contributed by atoms with E-state index >= 15 is 0 Å². The Bertz CT molecular complexity index is 568. The topological polar surface area (TPSA) is 29.3 Å². The van der Waals surface area contributed by atoms with Crippen molar-refractivity contribution in [3.8, 4) is 0 Å². The van der Waals surface area contributed by atoms with Gasteiger partial charge in [0.15, 0.2) is 0 Å². The molecule has 1 aliphatic heterocycles. The van der Waals surface area contributed by atoms with Gasteiger partial charge in [-0.3, -0.25) is 0 Å². The predicted octanol–water partition coefficient (Wildman–Crippen LogP) is 3.01. The highest BCUT2D eigenvalue weighted by Gasteiger charge is 2.16. The molecule has 2 nitrogen and oxygen atoms in total. The molecule has 0 amide bonds. The van der Waals surface area contributed by atoms with Crippen molar-refractivity contribution in [3.05, 3.63) is 59.4 Å². The smallest absolute Gasteiger partial charge is 0.148 e. The molecule has 0 radical (unpaired) electrons. The van der Waals surface area contributed by atoms with Gasteiger partial charge in [-0.2, -0.15) is 0 Å². The van der Waals surface area contributed by atoms with Gasteiger partial charge in [0.2, 0.25) is 0 Å².